The van der Waals surface area contributed by atoms with Crippen molar-refractivity contribution in [1.29, 1.82) is 0 Å². The highest BCUT2D eigenvalue weighted by atomic mass is 32.2. The quantitative estimate of drug-likeness (QED) is 0.815. The van der Waals surface area contributed by atoms with Crippen LogP contribution in [0.25, 0.3) is 0 Å². The summed E-state index contributed by atoms with van der Waals surface area (Å²) in [5.74, 6) is -0.952. The highest BCUT2D eigenvalue weighted by molar-refractivity contribution is 7.98. The number of thioether (sulfide) groups is 1. The van der Waals surface area contributed by atoms with Gasteiger partial charge in [-0.05, 0) is 36.6 Å². The van der Waals surface area contributed by atoms with Crippen molar-refractivity contribution >= 4 is 17.7 Å². The van der Waals surface area contributed by atoms with Crippen LogP contribution in [0.4, 0.5) is 13.2 Å². The van der Waals surface area contributed by atoms with Crippen molar-refractivity contribution in [2.45, 2.75) is 12.6 Å². The molecule has 0 bridgehead atoms. The minimum atomic E-state index is -4.64. The lowest BCUT2D eigenvalue weighted by molar-refractivity contribution is -0.139. The minimum Gasteiger partial charge on any atom is -0.493 e. The summed E-state index contributed by atoms with van der Waals surface area (Å²) in [6.45, 7) is 0.163. The number of carboxylic acids is 1. The van der Waals surface area contributed by atoms with Crippen LogP contribution in [0.3, 0.4) is 0 Å². The van der Waals surface area contributed by atoms with E-state index in [1.807, 2.05) is 6.26 Å². The van der Waals surface area contributed by atoms with E-state index in [-0.39, 0.29) is 12.4 Å². The maximum atomic E-state index is 12.8. The fourth-order valence-corrected chi connectivity index (χ4v) is 1.80. The smallest absolute Gasteiger partial charge is 0.419 e. The van der Waals surface area contributed by atoms with Crippen molar-refractivity contribution in [3.05, 3.63) is 29.3 Å². The molecule has 0 aromatic heterocycles. The van der Waals surface area contributed by atoms with E-state index < -0.39 is 23.3 Å². The molecule has 1 rings (SSSR count). The fourth-order valence-electron chi connectivity index (χ4n) is 1.40. The number of benzene rings is 1. The van der Waals surface area contributed by atoms with Crippen LogP contribution >= 0.6 is 11.8 Å². The number of hydrogen-bond acceptors (Lipinski definition) is 3. The number of alkyl halides is 3. The third-order valence-corrected chi connectivity index (χ3v) is 2.98. The van der Waals surface area contributed by atoms with Crippen LogP contribution in [0, 0.1) is 0 Å². The maximum absolute atomic E-state index is 12.8. The third-order valence-electron chi connectivity index (χ3n) is 2.28. The lowest BCUT2D eigenvalue weighted by Gasteiger charge is -2.14. The van der Waals surface area contributed by atoms with Gasteiger partial charge in [0.1, 0.15) is 5.75 Å². The molecule has 0 amide bonds. The number of ether oxygens (including phenoxy) is 1. The van der Waals surface area contributed by atoms with Crippen molar-refractivity contribution in [2.75, 3.05) is 18.6 Å². The zero-order valence-electron chi connectivity index (χ0n) is 10.2. The van der Waals surface area contributed by atoms with Gasteiger partial charge < -0.3 is 9.84 Å². The number of rotatable bonds is 6. The second-order valence-electron chi connectivity index (χ2n) is 3.71. The van der Waals surface area contributed by atoms with Crippen LogP contribution in [-0.4, -0.2) is 29.7 Å². The second-order valence-corrected chi connectivity index (χ2v) is 4.69. The van der Waals surface area contributed by atoms with Crippen LogP contribution < -0.4 is 4.74 Å². The van der Waals surface area contributed by atoms with E-state index in [9.17, 15) is 18.0 Å². The van der Waals surface area contributed by atoms with Crippen LogP contribution in [0.1, 0.15) is 22.3 Å². The zero-order chi connectivity index (χ0) is 14.5. The molecule has 0 saturated carbocycles. The van der Waals surface area contributed by atoms with Crippen molar-refractivity contribution in [1.82, 2.24) is 0 Å². The normalized spacial score (nSPS) is 11.4. The van der Waals surface area contributed by atoms with E-state index in [1.54, 1.807) is 11.8 Å². The van der Waals surface area contributed by atoms with E-state index >= 15 is 0 Å². The molecule has 1 N–H and O–H groups in total. The third kappa shape index (κ3) is 4.66. The molecule has 0 aliphatic carbocycles. The molecular weight excluding hydrogens is 281 g/mol. The van der Waals surface area contributed by atoms with Crippen molar-refractivity contribution in [3.8, 4) is 5.75 Å². The molecule has 0 saturated heterocycles. The van der Waals surface area contributed by atoms with E-state index in [1.165, 1.54) is 0 Å². The predicted octanol–water partition coefficient (Wildman–Crippen LogP) is 3.54. The lowest BCUT2D eigenvalue weighted by atomic mass is 10.1. The highest BCUT2D eigenvalue weighted by Gasteiger charge is 2.35. The molecule has 19 heavy (non-hydrogen) atoms. The fraction of sp³-hybridized carbons (Fsp3) is 0.417. The number of carboxylic acid groups (broad SMARTS) is 1. The Morgan fingerprint density at radius 3 is 2.63 bits per heavy atom. The van der Waals surface area contributed by atoms with Crippen LogP contribution in [0.5, 0.6) is 5.75 Å². The number of hydrogen-bond donors (Lipinski definition) is 1. The Bertz CT molecular complexity index is 446. The Morgan fingerprint density at radius 1 is 1.42 bits per heavy atom. The van der Waals surface area contributed by atoms with Gasteiger partial charge in [-0.25, -0.2) is 4.79 Å². The van der Waals surface area contributed by atoms with Crippen LogP contribution in [0.2, 0.25) is 0 Å². The molecule has 0 aliphatic rings. The van der Waals surface area contributed by atoms with Crippen molar-refractivity contribution < 1.29 is 27.8 Å². The lowest BCUT2D eigenvalue weighted by Crippen LogP contribution is -2.11. The first-order valence-corrected chi connectivity index (χ1v) is 6.82. The Morgan fingerprint density at radius 2 is 2.11 bits per heavy atom. The topological polar surface area (TPSA) is 46.5 Å². The number of aromatic carboxylic acids is 1. The van der Waals surface area contributed by atoms with E-state index in [0.717, 1.165) is 17.9 Å². The summed E-state index contributed by atoms with van der Waals surface area (Å²) < 4.78 is 43.4. The largest absolute Gasteiger partial charge is 0.493 e. The minimum absolute atomic E-state index is 0.163. The summed E-state index contributed by atoms with van der Waals surface area (Å²) in [6, 6.07) is 2.74. The standard InChI is InChI=1S/C12H13F3O3S/c1-19-6-2-5-18-10-4-3-8(11(16)17)7-9(10)12(13,14)15/h3-4,7H,2,5-6H2,1H3,(H,16,17). The van der Waals surface area contributed by atoms with Gasteiger partial charge in [0.05, 0.1) is 17.7 Å². The molecule has 3 nitrogen and oxygen atoms in total. The van der Waals surface area contributed by atoms with Gasteiger partial charge in [-0.15, -0.1) is 0 Å². The summed E-state index contributed by atoms with van der Waals surface area (Å²) in [5, 5.41) is 8.70. The van der Waals surface area contributed by atoms with Gasteiger partial charge in [-0.2, -0.15) is 24.9 Å². The summed E-state index contributed by atoms with van der Waals surface area (Å²) >= 11 is 1.57. The van der Waals surface area contributed by atoms with Gasteiger partial charge in [0.2, 0.25) is 0 Å². The molecule has 7 heteroatoms. The molecule has 0 heterocycles. The van der Waals surface area contributed by atoms with Gasteiger partial charge in [0.15, 0.2) is 0 Å². The zero-order valence-corrected chi connectivity index (χ0v) is 11.0. The maximum Gasteiger partial charge on any atom is 0.419 e. The van der Waals surface area contributed by atoms with Gasteiger partial charge >= 0.3 is 12.1 Å². The molecule has 106 valence electrons. The Kier molecular flexibility index (Phi) is 5.53. The van der Waals surface area contributed by atoms with Gasteiger partial charge in [0.25, 0.3) is 0 Å². The molecule has 0 radical (unpaired) electrons. The molecular formula is C12H13F3O3S. The Balaban J connectivity index is 2.93. The molecule has 0 spiro atoms. The first-order valence-electron chi connectivity index (χ1n) is 5.42. The van der Waals surface area contributed by atoms with Crippen molar-refractivity contribution in [2.24, 2.45) is 0 Å². The second kappa shape index (κ2) is 6.70. The van der Waals surface area contributed by atoms with Crippen LogP contribution in [0.15, 0.2) is 18.2 Å². The molecule has 0 unspecified atom stereocenters. The van der Waals surface area contributed by atoms with E-state index in [0.29, 0.717) is 12.5 Å². The van der Waals surface area contributed by atoms with Gasteiger partial charge in [0, 0.05) is 0 Å². The monoisotopic (exact) mass is 294 g/mol. The molecule has 1 aromatic carbocycles. The predicted molar refractivity (Wildman–Crippen MR) is 66.9 cm³/mol. The summed E-state index contributed by atoms with van der Waals surface area (Å²) in [7, 11) is 0. The van der Waals surface area contributed by atoms with Crippen LogP contribution in [-0.2, 0) is 6.18 Å². The first-order chi connectivity index (χ1) is 8.86. The van der Waals surface area contributed by atoms with E-state index in [2.05, 4.69) is 0 Å². The summed E-state index contributed by atoms with van der Waals surface area (Å²) in [6.07, 6.45) is -2.12. The van der Waals surface area contributed by atoms with E-state index in [4.69, 9.17) is 9.84 Å². The molecule has 0 fully saturated rings. The Hall–Kier alpha value is -1.37. The SMILES string of the molecule is CSCCCOc1ccc(C(=O)O)cc1C(F)(F)F. The number of halogens is 3. The van der Waals surface area contributed by atoms with Gasteiger partial charge in [-0.1, -0.05) is 0 Å². The summed E-state index contributed by atoms with van der Waals surface area (Å²) in [4.78, 5) is 10.7. The molecule has 0 atom stereocenters. The average molecular weight is 294 g/mol. The molecule has 0 aliphatic heterocycles. The summed E-state index contributed by atoms with van der Waals surface area (Å²) in [5.41, 5.74) is -1.47. The average Bonchev–Trinajstić information content (AvgIpc) is 2.33. The Labute approximate surface area is 112 Å². The first kappa shape index (κ1) is 15.7. The highest BCUT2D eigenvalue weighted by Crippen LogP contribution is 2.36. The van der Waals surface area contributed by atoms with Gasteiger partial charge in [-0.3, -0.25) is 0 Å². The number of carbonyl (C=O) groups is 1. The molecule has 1 aromatic rings. The van der Waals surface area contributed by atoms with Crippen molar-refractivity contribution in [3.63, 3.8) is 0 Å².